The molecular formula is C34H52I2. The van der Waals surface area contributed by atoms with Gasteiger partial charge in [-0.2, -0.15) is 0 Å². The molecule has 4 aliphatic carbocycles. The van der Waals surface area contributed by atoms with Crippen LogP contribution in [0.3, 0.4) is 0 Å². The van der Waals surface area contributed by atoms with E-state index in [9.17, 15) is 0 Å². The van der Waals surface area contributed by atoms with Crippen LogP contribution in [0.4, 0.5) is 0 Å². The minimum atomic E-state index is 0.428. The van der Waals surface area contributed by atoms with Crippen LogP contribution in [0.5, 0.6) is 0 Å². The van der Waals surface area contributed by atoms with Crippen LogP contribution < -0.4 is 0 Å². The molecule has 202 valence electrons. The number of hydrogen-bond acceptors (Lipinski definition) is 0. The van der Waals surface area contributed by atoms with Crippen molar-refractivity contribution < 1.29 is 0 Å². The highest BCUT2D eigenvalue weighted by molar-refractivity contribution is 14.1. The van der Waals surface area contributed by atoms with Gasteiger partial charge < -0.3 is 0 Å². The van der Waals surface area contributed by atoms with Gasteiger partial charge in [-0.15, -0.1) is 0 Å². The summed E-state index contributed by atoms with van der Waals surface area (Å²) in [6.45, 7) is 23.0. The van der Waals surface area contributed by atoms with Crippen LogP contribution in [0.1, 0.15) is 128 Å². The maximum absolute atomic E-state index is 2.78. The summed E-state index contributed by atoms with van der Waals surface area (Å²) in [4.78, 5) is 0. The van der Waals surface area contributed by atoms with E-state index in [1.165, 1.54) is 41.0 Å². The lowest BCUT2D eigenvalue weighted by Gasteiger charge is -2.35. The fourth-order valence-electron chi connectivity index (χ4n) is 9.94. The Labute approximate surface area is 250 Å². The molecule has 4 saturated carbocycles. The second kappa shape index (κ2) is 9.65. The van der Waals surface area contributed by atoms with E-state index in [2.05, 4.69) is 120 Å². The molecule has 36 heavy (non-hydrogen) atoms. The van der Waals surface area contributed by atoms with Crippen molar-refractivity contribution in [2.75, 3.05) is 8.86 Å². The standard InChI is InChI=1S/C34H52I2/c1-19-12-26(30(17-35)32(19,4)5)22-14-24(27-13-20(2)33(6,7)31(27)18-36)21(3)25(15-22)28-16-23-10-11-29(28)34(23,8)9/h14-15,19-20,23,26-31H,10-13,16-18H2,1-9H3. The van der Waals surface area contributed by atoms with E-state index in [0.717, 1.165) is 53.3 Å². The summed E-state index contributed by atoms with van der Waals surface area (Å²) in [5.74, 6) is 7.20. The second-order valence-corrected chi connectivity index (χ2v) is 17.3. The van der Waals surface area contributed by atoms with Crippen LogP contribution in [-0.2, 0) is 0 Å². The average Bonchev–Trinajstić information content (AvgIpc) is 3.41. The zero-order valence-corrected chi connectivity index (χ0v) is 28.9. The predicted octanol–water partition coefficient (Wildman–Crippen LogP) is 10.9. The Morgan fingerprint density at radius 2 is 1.19 bits per heavy atom. The number of rotatable bonds is 5. The number of alkyl halides is 2. The number of hydrogen-bond donors (Lipinski definition) is 0. The van der Waals surface area contributed by atoms with Crippen LogP contribution in [0.15, 0.2) is 12.1 Å². The Morgan fingerprint density at radius 3 is 1.67 bits per heavy atom. The summed E-state index contributed by atoms with van der Waals surface area (Å²) in [7, 11) is 0. The van der Waals surface area contributed by atoms with Gasteiger partial charge in [0.25, 0.3) is 0 Å². The fourth-order valence-corrected chi connectivity index (χ4v) is 13.4. The molecule has 0 spiro atoms. The van der Waals surface area contributed by atoms with Gasteiger partial charge in [0.1, 0.15) is 0 Å². The van der Waals surface area contributed by atoms with Gasteiger partial charge in [-0.3, -0.25) is 0 Å². The quantitative estimate of drug-likeness (QED) is 0.210. The highest BCUT2D eigenvalue weighted by Crippen LogP contribution is 2.65. The molecule has 0 amide bonds. The summed E-state index contributed by atoms with van der Waals surface area (Å²) in [6, 6.07) is 5.55. The Morgan fingerprint density at radius 1 is 0.694 bits per heavy atom. The molecule has 0 nitrogen and oxygen atoms in total. The molecule has 1 aromatic carbocycles. The van der Waals surface area contributed by atoms with Crippen molar-refractivity contribution in [1.29, 1.82) is 0 Å². The van der Waals surface area contributed by atoms with Gasteiger partial charge in [0.15, 0.2) is 0 Å². The van der Waals surface area contributed by atoms with Crippen molar-refractivity contribution in [2.24, 2.45) is 51.8 Å². The van der Waals surface area contributed by atoms with E-state index in [1.807, 2.05) is 0 Å². The molecule has 2 heteroatoms. The van der Waals surface area contributed by atoms with Crippen molar-refractivity contribution in [3.8, 4) is 0 Å². The monoisotopic (exact) mass is 714 g/mol. The van der Waals surface area contributed by atoms with Crippen LogP contribution in [0.2, 0.25) is 0 Å². The van der Waals surface area contributed by atoms with Gasteiger partial charge >= 0.3 is 0 Å². The highest BCUT2D eigenvalue weighted by Gasteiger charge is 2.55. The van der Waals surface area contributed by atoms with Crippen molar-refractivity contribution in [2.45, 2.75) is 112 Å². The molecule has 4 fully saturated rings. The van der Waals surface area contributed by atoms with E-state index in [-0.39, 0.29) is 0 Å². The largest absolute Gasteiger partial charge is 0.0860 e. The van der Waals surface area contributed by atoms with E-state index in [0.29, 0.717) is 16.2 Å². The maximum atomic E-state index is 2.78. The first kappa shape index (κ1) is 28.2. The molecule has 0 aliphatic heterocycles. The summed E-state index contributed by atoms with van der Waals surface area (Å²) in [5, 5.41) is 0. The molecule has 1 aromatic rings. The fraction of sp³-hybridized carbons (Fsp3) is 0.824. The van der Waals surface area contributed by atoms with Gasteiger partial charge in [-0.05, 0) is 131 Å². The maximum Gasteiger partial charge on any atom is 0.00347 e. The third-order valence-electron chi connectivity index (χ3n) is 13.6. The van der Waals surface area contributed by atoms with E-state index in [4.69, 9.17) is 0 Å². The SMILES string of the molecule is Cc1c(C2CC(C)C(C)(C)C2CI)cc(C2CC(C)C(C)(C)C2CI)cc1C1CC2CCC1C2(C)C. The van der Waals surface area contributed by atoms with Crippen molar-refractivity contribution in [1.82, 2.24) is 0 Å². The first-order chi connectivity index (χ1) is 16.8. The average molecular weight is 715 g/mol. The number of halogens is 2. The Balaban J connectivity index is 1.65. The van der Waals surface area contributed by atoms with Gasteiger partial charge in [0.2, 0.25) is 0 Å². The summed E-state index contributed by atoms with van der Waals surface area (Å²) in [5.41, 5.74) is 8.32. The lowest BCUT2D eigenvalue weighted by molar-refractivity contribution is 0.212. The van der Waals surface area contributed by atoms with Crippen LogP contribution in [0, 0.1) is 58.7 Å². The van der Waals surface area contributed by atoms with Gasteiger partial charge in [0, 0.05) is 8.86 Å². The smallest absolute Gasteiger partial charge is 0.00347 e. The molecule has 9 atom stereocenters. The minimum Gasteiger partial charge on any atom is -0.0860 e. The molecule has 0 aromatic heterocycles. The molecule has 4 aliphatic rings. The van der Waals surface area contributed by atoms with Crippen LogP contribution in [-0.4, -0.2) is 8.86 Å². The molecule has 5 rings (SSSR count). The normalized spacial score (nSPS) is 42.4. The summed E-state index contributed by atoms with van der Waals surface area (Å²) in [6.07, 6.45) is 7.10. The first-order valence-electron chi connectivity index (χ1n) is 15.0. The minimum absolute atomic E-state index is 0.428. The third kappa shape index (κ3) is 4.12. The predicted molar refractivity (Wildman–Crippen MR) is 174 cm³/mol. The molecule has 9 unspecified atom stereocenters. The lowest BCUT2D eigenvalue weighted by Crippen LogP contribution is -2.27. The highest BCUT2D eigenvalue weighted by atomic mass is 127. The molecule has 0 radical (unpaired) electrons. The molecular weight excluding hydrogens is 662 g/mol. The van der Waals surface area contributed by atoms with Gasteiger partial charge in [-0.1, -0.05) is 113 Å². The third-order valence-corrected chi connectivity index (χ3v) is 15.5. The molecule has 0 N–H and O–H groups in total. The Hall–Kier alpha value is 0.680. The Kier molecular flexibility index (Phi) is 7.56. The topological polar surface area (TPSA) is 0 Å². The molecule has 2 bridgehead atoms. The zero-order valence-electron chi connectivity index (χ0n) is 24.6. The van der Waals surface area contributed by atoms with Crippen LogP contribution in [0.25, 0.3) is 0 Å². The zero-order chi connectivity index (χ0) is 26.4. The molecule has 0 saturated heterocycles. The second-order valence-electron chi connectivity index (χ2n) is 15.5. The first-order valence-corrected chi connectivity index (χ1v) is 18.1. The van der Waals surface area contributed by atoms with E-state index >= 15 is 0 Å². The molecule has 0 heterocycles. The van der Waals surface area contributed by atoms with Crippen molar-refractivity contribution in [3.05, 3.63) is 34.4 Å². The Bertz CT molecular complexity index is 987. The van der Waals surface area contributed by atoms with Gasteiger partial charge in [-0.25, -0.2) is 0 Å². The van der Waals surface area contributed by atoms with E-state index < -0.39 is 0 Å². The van der Waals surface area contributed by atoms with Gasteiger partial charge in [0.05, 0.1) is 0 Å². The van der Waals surface area contributed by atoms with Crippen LogP contribution >= 0.6 is 45.2 Å². The number of benzene rings is 1. The van der Waals surface area contributed by atoms with E-state index in [1.54, 1.807) is 22.3 Å². The number of fused-ring (bicyclic) bond motifs is 2. The van der Waals surface area contributed by atoms with Crippen molar-refractivity contribution in [3.63, 3.8) is 0 Å². The van der Waals surface area contributed by atoms with Crippen molar-refractivity contribution >= 4 is 45.2 Å². The summed E-state index contributed by atoms with van der Waals surface area (Å²) < 4.78 is 2.56. The lowest BCUT2D eigenvalue weighted by atomic mass is 9.71. The summed E-state index contributed by atoms with van der Waals surface area (Å²) >= 11 is 5.41.